The molecule has 2 amide bonds. The van der Waals surface area contributed by atoms with E-state index in [0.29, 0.717) is 12.5 Å². The smallest absolute Gasteiger partial charge is 0.246 e. The molecule has 19 heavy (non-hydrogen) atoms. The van der Waals surface area contributed by atoms with E-state index in [1.54, 1.807) is 4.90 Å². The molecule has 1 aliphatic heterocycles. The van der Waals surface area contributed by atoms with Gasteiger partial charge in [-0.1, -0.05) is 32.9 Å². The Balaban J connectivity index is 2.25. The number of rotatable bonds is 3. The lowest BCUT2D eigenvalue weighted by molar-refractivity contribution is -0.152. The highest BCUT2D eigenvalue weighted by Crippen LogP contribution is 2.38. The Hall–Kier alpha value is -1.32. The van der Waals surface area contributed by atoms with Crippen LogP contribution in [0.25, 0.3) is 0 Å². The molecule has 0 aromatic carbocycles. The van der Waals surface area contributed by atoms with Crippen LogP contribution in [0, 0.1) is 11.3 Å². The molecule has 106 valence electrons. The van der Waals surface area contributed by atoms with Gasteiger partial charge in [0.15, 0.2) is 0 Å². The number of carbonyl (C=O) groups is 2. The van der Waals surface area contributed by atoms with Gasteiger partial charge in [-0.25, -0.2) is 0 Å². The van der Waals surface area contributed by atoms with Crippen LogP contribution < -0.4 is 5.32 Å². The van der Waals surface area contributed by atoms with Crippen LogP contribution in [0.4, 0.5) is 0 Å². The molecule has 1 aliphatic carbocycles. The molecule has 1 saturated heterocycles. The number of nitrogens with zero attached hydrogens (tertiary/aromatic N) is 1. The molecule has 1 heterocycles. The first-order valence-electron chi connectivity index (χ1n) is 7.08. The minimum Gasteiger partial charge on any atom is -0.342 e. The quantitative estimate of drug-likeness (QED) is 0.789. The first-order chi connectivity index (χ1) is 8.86. The van der Waals surface area contributed by atoms with E-state index >= 15 is 0 Å². The van der Waals surface area contributed by atoms with Crippen molar-refractivity contribution in [1.82, 2.24) is 10.2 Å². The van der Waals surface area contributed by atoms with Crippen LogP contribution in [0.2, 0.25) is 0 Å². The van der Waals surface area contributed by atoms with Gasteiger partial charge in [0.05, 0.1) is 0 Å². The van der Waals surface area contributed by atoms with Crippen molar-refractivity contribution in [3.05, 3.63) is 12.2 Å². The summed E-state index contributed by atoms with van der Waals surface area (Å²) in [5.74, 6) is 0.434. The average Bonchev–Trinajstić information content (AvgIpc) is 3.12. The summed E-state index contributed by atoms with van der Waals surface area (Å²) in [6.07, 6.45) is 5.98. The molecule has 2 unspecified atom stereocenters. The number of hydrogen-bond donors (Lipinski definition) is 1. The van der Waals surface area contributed by atoms with Crippen molar-refractivity contribution in [3.63, 3.8) is 0 Å². The van der Waals surface area contributed by atoms with Gasteiger partial charge in [0.2, 0.25) is 11.8 Å². The zero-order valence-electron chi connectivity index (χ0n) is 12.3. The van der Waals surface area contributed by atoms with Gasteiger partial charge < -0.3 is 10.2 Å². The molecule has 0 bridgehead atoms. The number of allylic oxidation sites excluding steroid dienone is 1. The van der Waals surface area contributed by atoms with E-state index in [2.05, 4.69) is 5.32 Å². The number of carbonyl (C=O) groups excluding carboxylic acids is 2. The molecule has 4 nitrogen and oxygen atoms in total. The van der Waals surface area contributed by atoms with Crippen LogP contribution in [-0.4, -0.2) is 35.3 Å². The second-order valence-corrected chi connectivity index (χ2v) is 6.65. The van der Waals surface area contributed by atoms with Crippen LogP contribution in [-0.2, 0) is 9.59 Å². The maximum Gasteiger partial charge on any atom is 0.246 e. The second kappa shape index (κ2) is 4.99. The van der Waals surface area contributed by atoms with Crippen molar-refractivity contribution in [2.24, 2.45) is 11.3 Å². The van der Waals surface area contributed by atoms with Crippen LogP contribution in [0.15, 0.2) is 12.2 Å². The predicted molar refractivity (Wildman–Crippen MR) is 74.4 cm³/mol. The maximum atomic E-state index is 12.6. The SMILES string of the molecule is C/C=C/CN1C(=O)C(C(C)(C)C)NC(=O)C1C1CC1. The minimum absolute atomic E-state index is 0.0199. The molecule has 2 atom stereocenters. The van der Waals surface area contributed by atoms with E-state index in [0.717, 1.165) is 12.8 Å². The third kappa shape index (κ3) is 2.82. The maximum absolute atomic E-state index is 12.6. The lowest BCUT2D eigenvalue weighted by Crippen LogP contribution is -2.67. The summed E-state index contributed by atoms with van der Waals surface area (Å²) in [4.78, 5) is 26.7. The molecule has 0 aromatic rings. The minimum atomic E-state index is -0.416. The van der Waals surface area contributed by atoms with E-state index in [1.807, 2.05) is 39.8 Å². The summed E-state index contributed by atoms with van der Waals surface area (Å²) in [6.45, 7) is 8.43. The average molecular weight is 264 g/mol. The highest BCUT2D eigenvalue weighted by atomic mass is 16.2. The van der Waals surface area contributed by atoms with Crippen LogP contribution in [0.1, 0.15) is 40.5 Å². The number of nitrogens with one attached hydrogen (secondary N) is 1. The Morgan fingerprint density at radius 1 is 1.32 bits per heavy atom. The molecule has 2 rings (SSSR count). The summed E-state index contributed by atoms with van der Waals surface area (Å²) < 4.78 is 0. The largest absolute Gasteiger partial charge is 0.342 e. The standard InChI is InChI=1S/C15H24N2O2/c1-5-6-9-17-11(10-7-8-10)13(18)16-12(14(17)19)15(2,3)4/h5-6,10-12H,7-9H2,1-4H3,(H,16,18)/b6-5+. The fraction of sp³-hybridized carbons (Fsp3) is 0.733. The second-order valence-electron chi connectivity index (χ2n) is 6.65. The van der Waals surface area contributed by atoms with Crippen molar-refractivity contribution >= 4 is 11.8 Å². The summed E-state index contributed by atoms with van der Waals surface area (Å²) in [7, 11) is 0. The van der Waals surface area contributed by atoms with E-state index in [1.165, 1.54) is 0 Å². The summed E-state index contributed by atoms with van der Waals surface area (Å²) in [5, 5.41) is 2.93. The van der Waals surface area contributed by atoms with Gasteiger partial charge in [0.1, 0.15) is 12.1 Å². The van der Waals surface area contributed by atoms with Gasteiger partial charge >= 0.3 is 0 Å². The normalized spacial score (nSPS) is 28.9. The Bertz CT molecular complexity index is 405. The lowest BCUT2D eigenvalue weighted by Gasteiger charge is -2.43. The van der Waals surface area contributed by atoms with E-state index < -0.39 is 6.04 Å². The molecule has 2 aliphatic rings. The number of amides is 2. The van der Waals surface area contributed by atoms with Gasteiger partial charge in [-0.2, -0.15) is 0 Å². The van der Waals surface area contributed by atoms with Crippen molar-refractivity contribution in [2.45, 2.75) is 52.6 Å². The summed E-state index contributed by atoms with van der Waals surface area (Å²) in [6, 6.07) is -0.678. The summed E-state index contributed by atoms with van der Waals surface area (Å²) >= 11 is 0. The molecule has 0 spiro atoms. The fourth-order valence-electron chi connectivity index (χ4n) is 2.62. The number of hydrogen-bond acceptors (Lipinski definition) is 2. The van der Waals surface area contributed by atoms with Gasteiger partial charge in [0, 0.05) is 6.54 Å². The van der Waals surface area contributed by atoms with Crippen LogP contribution in [0.5, 0.6) is 0 Å². The Kier molecular flexibility index (Phi) is 3.70. The highest BCUT2D eigenvalue weighted by molar-refractivity contribution is 5.97. The first kappa shape index (κ1) is 14.1. The Labute approximate surface area is 115 Å². The summed E-state index contributed by atoms with van der Waals surface area (Å²) in [5.41, 5.74) is -0.255. The number of piperazine rings is 1. The van der Waals surface area contributed by atoms with Gasteiger partial charge in [-0.05, 0) is 31.1 Å². The third-order valence-corrected chi connectivity index (χ3v) is 3.89. The van der Waals surface area contributed by atoms with E-state index in [4.69, 9.17) is 0 Å². The van der Waals surface area contributed by atoms with Crippen molar-refractivity contribution < 1.29 is 9.59 Å². The molecule has 0 aromatic heterocycles. The van der Waals surface area contributed by atoms with E-state index in [-0.39, 0.29) is 23.3 Å². The van der Waals surface area contributed by atoms with Crippen LogP contribution >= 0.6 is 0 Å². The first-order valence-corrected chi connectivity index (χ1v) is 7.08. The van der Waals surface area contributed by atoms with Gasteiger partial charge in [0.25, 0.3) is 0 Å². The van der Waals surface area contributed by atoms with Gasteiger partial charge in [-0.15, -0.1) is 0 Å². The van der Waals surface area contributed by atoms with Crippen molar-refractivity contribution in [2.75, 3.05) is 6.54 Å². The fourth-order valence-corrected chi connectivity index (χ4v) is 2.62. The van der Waals surface area contributed by atoms with Crippen molar-refractivity contribution in [3.8, 4) is 0 Å². The third-order valence-electron chi connectivity index (χ3n) is 3.89. The topological polar surface area (TPSA) is 49.4 Å². The Morgan fingerprint density at radius 3 is 2.42 bits per heavy atom. The Morgan fingerprint density at radius 2 is 1.95 bits per heavy atom. The highest BCUT2D eigenvalue weighted by Gasteiger charge is 2.49. The van der Waals surface area contributed by atoms with E-state index in [9.17, 15) is 9.59 Å². The van der Waals surface area contributed by atoms with Crippen molar-refractivity contribution in [1.29, 1.82) is 0 Å². The monoisotopic (exact) mass is 264 g/mol. The molecule has 4 heteroatoms. The molecular formula is C15H24N2O2. The zero-order valence-corrected chi connectivity index (χ0v) is 12.3. The molecule has 1 N–H and O–H groups in total. The molecule has 1 saturated carbocycles. The zero-order chi connectivity index (χ0) is 14.2. The molecule has 0 radical (unpaired) electrons. The van der Waals surface area contributed by atoms with Crippen LogP contribution in [0.3, 0.4) is 0 Å². The van der Waals surface area contributed by atoms with Gasteiger partial charge in [-0.3, -0.25) is 9.59 Å². The lowest BCUT2D eigenvalue weighted by atomic mass is 9.83. The predicted octanol–water partition coefficient (Wildman–Crippen LogP) is 1.71. The molecular weight excluding hydrogens is 240 g/mol. The molecule has 2 fully saturated rings.